The lowest BCUT2D eigenvalue weighted by Crippen LogP contribution is -2.17. The summed E-state index contributed by atoms with van der Waals surface area (Å²) in [5.41, 5.74) is 0. The van der Waals surface area contributed by atoms with Crippen LogP contribution in [0.15, 0.2) is 0 Å². The van der Waals surface area contributed by atoms with Gasteiger partial charge in [-0.1, -0.05) is 13.3 Å². The molecule has 1 atom stereocenters. The standard InChI is InChI=1S/C8H14O.C2H4O2/c1-2-7-5-3-4-6-8(7)9;1-2(3)4/h7H,2-6H2,1H3;1H3,(H,3,4). The number of carbonyl (C=O) groups excluding carboxylic acids is 1. The molecule has 0 bridgehead atoms. The Bertz CT molecular complexity index is 171. The first kappa shape index (κ1) is 12.1. The predicted molar refractivity (Wildman–Crippen MR) is 50.6 cm³/mol. The highest BCUT2D eigenvalue weighted by Crippen LogP contribution is 2.22. The minimum Gasteiger partial charge on any atom is -0.481 e. The van der Waals surface area contributed by atoms with Crippen molar-refractivity contribution in [2.75, 3.05) is 0 Å². The highest BCUT2D eigenvalue weighted by Gasteiger charge is 2.19. The molecular weight excluding hydrogens is 168 g/mol. The SMILES string of the molecule is CC(=O)O.CCC1CCCCC1=O. The molecule has 1 N–H and O–H groups in total. The van der Waals surface area contributed by atoms with Gasteiger partial charge in [-0.25, -0.2) is 0 Å². The number of rotatable bonds is 1. The highest BCUT2D eigenvalue weighted by molar-refractivity contribution is 5.81. The summed E-state index contributed by atoms with van der Waals surface area (Å²) in [5, 5.41) is 7.42. The monoisotopic (exact) mass is 186 g/mol. The Labute approximate surface area is 79.1 Å². The lowest BCUT2D eigenvalue weighted by atomic mass is 9.86. The molecule has 1 aliphatic carbocycles. The van der Waals surface area contributed by atoms with Crippen molar-refractivity contribution in [3.63, 3.8) is 0 Å². The fraction of sp³-hybridized carbons (Fsp3) is 0.800. The van der Waals surface area contributed by atoms with Crippen LogP contribution in [-0.2, 0) is 9.59 Å². The van der Waals surface area contributed by atoms with Crippen molar-refractivity contribution < 1.29 is 14.7 Å². The van der Waals surface area contributed by atoms with Gasteiger partial charge in [-0.15, -0.1) is 0 Å². The van der Waals surface area contributed by atoms with Crippen LogP contribution in [0.4, 0.5) is 0 Å². The number of hydrogen-bond donors (Lipinski definition) is 1. The van der Waals surface area contributed by atoms with E-state index >= 15 is 0 Å². The molecule has 0 radical (unpaired) electrons. The number of carboxylic acid groups (broad SMARTS) is 1. The number of hydrogen-bond acceptors (Lipinski definition) is 2. The molecule has 0 aromatic heterocycles. The van der Waals surface area contributed by atoms with Crippen LogP contribution in [0.25, 0.3) is 0 Å². The molecule has 76 valence electrons. The normalized spacial score (nSPS) is 21.7. The highest BCUT2D eigenvalue weighted by atomic mass is 16.4. The van der Waals surface area contributed by atoms with Crippen LogP contribution in [0.1, 0.15) is 46.0 Å². The first-order valence-corrected chi connectivity index (χ1v) is 4.80. The summed E-state index contributed by atoms with van der Waals surface area (Å²) in [6.07, 6.45) is 5.45. The van der Waals surface area contributed by atoms with E-state index in [1.807, 2.05) is 0 Å². The Balaban J connectivity index is 0.000000310. The van der Waals surface area contributed by atoms with Crippen molar-refractivity contribution >= 4 is 11.8 Å². The van der Waals surface area contributed by atoms with Crippen LogP contribution in [0.3, 0.4) is 0 Å². The maximum Gasteiger partial charge on any atom is 0.300 e. The number of carbonyl (C=O) groups is 2. The largest absolute Gasteiger partial charge is 0.481 e. The third-order valence-electron chi connectivity index (χ3n) is 2.17. The van der Waals surface area contributed by atoms with Crippen LogP contribution in [-0.4, -0.2) is 16.9 Å². The van der Waals surface area contributed by atoms with Crippen molar-refractivity contribution in [3.05, 3.63) is 0 Å². The van der Waals surface area contributed by atoms with Gasteiger partial charge in [-0.05, 0) is 19.3 Å². The van der Waals surface area contributed by atoms with Gasteiger partial charge in [-0.3, -0.25) is 9.59 Å². The van der Waals surface area contributed by atoms with E-state index in [0.29, 0.717) is 11.7 Å². The van der Waals surface area contributed by atoms with E-state index in [0.717, 1.165) is 32.6 Å². The summed E-state index contributed by atoms with van der Waals surface area (Å²) < 4.78 is 0. The molecule has 0 heterocycles. The second kappa shape index (κ2) is 6.63. The molecule has 0 aliphatic heterocycles. The van der Waals surface area contributed by atoms with E-state index in [9.17, 15) is 4.79 Å². The van der Waals surface area contributed by atoms with Crippen molar-refractivity contribution in [1.82, 2.24) is 0 Å². The number of carboxylic acids is 1. The molecular formula is C10H18O3. The third-order valence-corrected chi connectivity index (χ3v) is 2.17. The smallest absolute Gasteiger partial charge is 0.300 e. The Morgan fingerprint density at radius 1 is 1.54 bits per heavy atom. The Morgan fingerprint density at radius 3 is 2.38 bits per heavy atom. The average Bonchev–Trinajstić information content (AvgIpc) is 2.04. The zero-order chi connectivity index (χ0) is 10.3. The summed E-state index contributed by atoms with van der Waals surface area (Å²) in [5.74, 6) is 0.0856. The van der Waals surface area contributed by atoms with E-state index in [2.05, 4.69) is 6.92 Å². The van der Waals surface area contributed by atoms with Crippen molar-refractivity contribution in [3.8, 4) is 0 Å². The van der Waals surface area contributed by atoms with Gasteiger partial charge in [0.2, 0.25) is 0 Å². The summed E-state index contributed by atoms with van der Waals surface area (Å²) in [6.45, 7) is 3.19. The molecule has 0 aromatic rings. The third kappa shape index (κ3) is 6.31. The number of aliphatic carboxylic acids is 1. The second-order valence-corrected chi connectivity index (χ2v) is 3.34. The van der Waals surface area contributed by atoms with Crippen LogP contribution < -0.4 is 0 Å². The lowest BCUT2D eigenvalue weighted by Gasteiger charge is -2.17. The van der Waals surface area contributed by atoms with Gasteiger partial charge in [0.1, 0.15) is 5.78 Å². The van der Waals surface area contributed by atoms with Crippen molar-refractivity contribution in [1.29, 1.82) is 0 Å². The summed E-state index contributed by atoms with van der Waals surface area (Å²) >= 11 is 0. The molecule has 0 saturated heterocycles. The van der Waals surface area contributed by atoms with Gasteiger partial charge in [0.15, 0.2) is 0 Å². The van der Waals surface area contributed by atoms with Crippen LogP contribution in [0.5, 0.6) is 0 Å². The molecule has 3 heteroatoms. The molecule has 0 aromatic carbocycles. The molecule has 1 unspecified atom stereocenters. The van der Waals surface area contributed by atoms with Gasteiger partial charge >= 0.3 is 0 Å². The summed E-state index contributed by atoms with van der Waals surface area (Å²) in [7, 11) is 0. The van der Waals surface area contributed by atoms with Crippen molar-refractivity contribution in [2.45, 2.75) is 46.0 Å². The van der Waals surface area contributed by atoms with E-state index in [4.69, 9.17) is 9.90 Å². The molecule has 0 amide bonds. The van der Waals surface area contributed by atoms with Crippen molar-refractivity contribution in [2.24, 2.45) is 5.92 Å². The molecule has 1 fully saturated rings. The van der Waals surface area contributed by atoms with Crippen LogP contribution in [0, 0.1) is 5.92 Å². The van der Waals surface area contributed by atoms with E-state index in [1.165, 1.54) is 6.42 Å². The Morgan fingerprint density at radius 2 is 2.08 bits per heavy atom. The molecule has 1 aliphatic rings. The van der Waals surface area contributed by atoms with E-state index in [1.54, 1.807) is 0 Å². The molecule has 0 spiro atoms. The van der Waals surface area contributed by atoms with E-state index in [-0.39, 0.29) is 0 Å². The fourth-order valence-corrected chi connectivity index (χ4v) is 1.49. The minimum atomic E-state index is -0.833. The maximum absolute atomic E-state index is 11.0. The first-order valence-electron chi connectivity index (χ1n) is 4.80. The maximum atomic E-state index is 11.0. The molecule has 3 nitrogen and oxygen atoms in total. The van der Waals surface area contributed by atoms with Gasteiger partial charge in [0.25, 0.3) is 5.97 Å². The molecule has 1 saturated carbocycles. The predicted octanol–water partition coefficient (Wildman–Crippen LogP) is 2.25. The topological polar surface area (TPSA) is 54.4 Å². The van der Waals surface area contributed by atoms with Gasteiger partial charge < -0.3 is 5.11 Å². The van der Waals surface area contributed by atoms with Crippen LogP contribution in [0.2, 0.25) is 0 Å². The Kier molecular flexibility index (Phi) is 6.20. The van der Waals surface area contributed by atoms with Gasteiger partial charge in [0.05, 0.1) is 0 Å². The van der Waals surface area contributed by atoms with E-state index < -0.39 is 5.97 Å². The van der Waals surface area contributed by atoms with Gasteiger partial charge in [0, 0.05) is 19.3 Å². The summed E-state index contributed by atoms with van der Waals surface area (Å²) in [4.78, 5) is 20.0. The second-order valence-electron chi connectivity index (χ2n) is 3.34. The first-order chi connectivity index (χ1) is 6.07. The fourth-order valence-electron chi connectivity index (χ4n) is 1.49. The van der Waals surface area contributed by atoms with Crippen LogP contribution >= 0.6 is 0 Å². The zero-order valence-corrected chi connectivity index (χ0v) is 8.38. The number of Topliss-reactive ketones (excluding diaryl/α,β-unsaturated/α-hetero) is 1. The molecule has 1 rings (SSSR count). The zero-order valence-electron chi connectivity index (χ0n) is 8.38. The minimum absolute atomic E-state index is 0.416. The lowest BCUT2D eigenvalue weighted by molar-refractivity contribution is -0.134. The number of ketones is 1. The quantitative estimate of drug-likeness (QED) is 0.683. The Hall–Kier alpha value is -0.860. The summed E-state index contributed by atoms with van der Waals surface area (Å²) in [6, 6.07) is 0. The van der Waals surface area contributed by atoms with Gasteiger partial charge in [-0.2, -0.15) is 0 Å². The average molecular weight is 186 g/mol. The molecule has 13 heavy (non-hydrogen) atoms.